The summed E-state index contributed by atoms with van der Waals surface area (Å²) in [5, 5.41) is -0.142. The molecular formula is C16H14FNOS. The van der Waals surface area contributed by atoms with E-state index in [1.165, 1.54) is 6.07 Å². The van der Waals surface area contributed by atoms with Crippen molar-refractivity contribution in [2.75, 3.05) is 4.90 Å². The molecule has 102 valence electrons. The molecule has 2 nitrogen and oxygen atoms in total. The second kappa shape index (κ2) is 5.29. The average Bonchev–Trinajstić information content (AvgIpc) is 2.46. The van der Waals surface area contributed by atoms with E-state index in [1.54, 1.807) is 34.9 Å². The summed E-state index contributed by atoms with van der Waals surface area (Å²) in [7, 11) is 0. The fourth-order valence-corrected chi connectivity index (χ4v) is 3.38. The number of hydrogen-bond acceptors (Lipinski definition) is 2. The van der Waals surface area contributed by atoms with Crippen LogP contribution < -0.4 is 4.90 Å². The van der Waals surface area contributed by atoms with Crippen LogP contribution in [0.5, 0.6) is 0 Å². The van der Waals surface area contributed by atoms with Crippen LogP contribution in [0.25, 0.3) is 0 Å². The first-order valence-corrected chi connectivity index (χ1v) is 7.35. The van der Waals surface area contributed by atoms with Crippen LogP contribution in [0.3, 0.4) is 0 Å². The number of rotatable bonds is 2. The molecule has 0 aromatic heterocycles. The molecule has 20 heavy (non-hydrogen) atoms. The van der Waals surface area contributed by atoms with Gasteiger partial charge in [-0.1, -0.05) is 30.3 Å². The molecule has 2 aromatic carbocycles. The molecule has 1 amide bonds. The van der Waals surface area contributed by atoms with Crippen molar-refractivity contribution in [1.82, 2.24) is 0 Å². The van der Waals surface area contributed by atoms with Gasteiger partial charge in [0.15, 0.2) is 0 Å². The largest absolute Gasteiger partial charge is 0.306 e. The summed E-state index contributed by atoms with van der Waals surface area (Å²) in [6.45, 7) is 2.16. The van der Waals surface area contributed by atoms with E-state index in [0.29, 0.717) is 5.56 Å². The summed E-state index contributed by atoms with van der Waals surface area (Å²) in [6.07, 6.45) is 0. The van der Waals surface area contributed by atoms with Gasteiger partial charge in [-0.15, -0.1) is 11.8 Å². The van der Waals surface area contributed by atoms with Crippen LogP contribution in [0.1, 0.15) is 12.5 Å². The molecule has 0 aliphatic carbocycles. The fraction of sp³-hybridized carbons (Fsp3) is 0.188. The van der Waals surface area contributed by atoms with Gasteiger partial charge in [0.25, 0.3) is 0 Å². The molecule has 0 saturated heterocycles. The number of para-hydroxylation sites is 1. The van der Waals surface area contributed by atoms with Crippen LogP contribution in [0.2, 0.25) is 0 Å². The highest BCUT2D eigenvalue weighted by molar-refractivity contribution is 8.00. The zero-order chi connectivity index (χ0) is 14.1. The van der Waals surface area contributed by atoms with Crippen molar-refractivity contribution in [2.24, 2.45) is 0 Å². The smallest absolute Gasteiger partial charge is 0.240 e. The predicted molar refractivity (Wildman–Crippen MR) is 79.4 cm³/mol. The number of carbonyl (C=O) groups excluding carboxylic acids is 1. The Morgan fingerprint density at radius 3 is 2.65 bits per heavy atom. The van der Waals surface area contributed by atoms with Crippen molar-refractivity contribution in [3.05, 3.63) is 59.9 Å². The van der Waals surface area contributed by atoms with E-state index >= 15 is 0 Å². The third-order valence-electron chi connectivity index (χ3n) is 3.36. The maximum absolute atomic E-state index is 13.8. The van der Waals surface area contributed by atoms with Crippen LogP contribution in [-0.2, 0) is 11.3 Å². The molecule has 2 aromatic rings. The van der Waals surface area contributed by atoms with E-state index in [2.05, 4.69) is 0 Å². The summed E-state index contributed by atoms with van der Waals surface area (Å²) in [4.78, 5) is 15.1. The predicted octanol–water partition coefficient (Wildman–Crippen LogP) is 3.85. The Hall–Kier alpha value is -1.81. The maximum atomic E-state index is 13.8. The Morgan fingerprint density at radius 2 is 1.85 bits per heavy atom. The molecule has 0 radical (unpaired) electrons. The Labute approximate surface area is 121 Å². The Bertz CT molecular complexity index is 658. The second-order valence-electron chi connectivity index (χ2n) is 4.74. The molecule has 0 saturated carbocycles. The van der Waals surface area contributed by atoms with Crippen LogP contribution in [0.4, 0.5) is 10.1 Å². The van der Waals surface area contributed by atoms with Crippen molar-refractivity contribution in [3.8, 4) is 0 Å². The molecule has 1 atom stereocenters. The maximum Gasteiger partial charge on any atom is 0.240 e. The van der Waals surface area contributed by atoms with Crippen LogP contribution in [0.15, 0.2) is 53.4 Å². The van der Waals surface area contributed by atoms with E-state index in [0.717, 1.165) is 10.6 Å². The summed E-state index contributed by atoms with van der Waals surface area (Å²) in [5.41, 5.74) is 1.40. The van der Waals surface area contributed by atoms with Crippen molar-refractivity contribution < 1.29 is 9.18 Å². The summed E-state index contributed by atoms with van der Waals surface area (Å²) in [5.74, 6) is -0.249. The first kappa shape index (κ1) is 13.2. The quantitative estimate of drug-likeness (QED) is 0.836. The van der Waals surface area contributed by atoms with Gasteiger partial charge in [0.1, 0.15) is 5.82 Å². The molecule has 0 spiro atoms. The zero-order valence-electron chi connectivity index (χ0n) is 11.0. The zero-order valence-corrected chi connectivity index (χ0v) is 11.9. The van der Waals surface area contributed by atoms with E-state index in [4.69, 9.17) is 0 Å². The van der Waals surface area contributed by atoms with Gasteiger partial charge in [-0.05, 0) is 25.1 Å². The number of halogens is 1. The van der Waals surface area contributed by atoms with Crippen LogP contribution in [-0.4, -0.2) is 11.2 Å². The molecule has 0 bridgehead atoms. The SMILES string of the molecule is CC1Sc2ccccc2N(Cc2ccccc2F)C1=O. The molecular weight excluding hydrogens is 273 g/mol. The number of carbonyl (C=O) groups is 1. The van der Waals surface area contributed by atoms with E-state index in [9.17, 15) is 9.18 Å². The van der Waals surface area contributed by atoms with Gasteiger partial charge >= 0.3 is 0 Å². The minimum absolute atomic E-state index is 0.0250. The van der Waals surface area contributed by atoms with Crippen LogP contribution in [0, 0.1) is 5.82 Å². The third kappa shape index (κ3) is 2.31. The van der Waals surface area contributed by atoms with Crippen LogP contribution >= 0.6 is 11.8 Å². The molecule has 1 unspecified atom stereocenters. The lowest BCUT2D eigenvalue weighted by atomic mass is 10.1. The lowest BCUT2D eigenvalue weighted by Gasteiger charge is -2.32. The van der Waals surface area contributed by atoms with E-state index in [1.807, 2.05) is 31.2 Å². The molecule has 1 heterocycles. The van der Waals surface area contributed by atoms with Gasteiger partial charge in [0, 0.05) is 10.5 Å². The summed E-state index contributed by atoms with van der Waals surface area (Å²) in [6, 6.07) is 14.3. The standard InChI is InChI=1S/C16H14FNOS/c1-11-16(19)18(10-12-6-2-3-7-13(12)17)14-8-4-5-9-15(14)20-11/h2-9,11H,10H2,1H3. The minimum atomic E-state index is -0.274. The van der Waals surface area contributed by atoms with Crippen molar-refractivity contribution in [3.63, 3.8) is 0 Å². The minimum Gasteiger partial charge on any atom is -0.306 e. The van der Waals surface area contributed by atoms with Gasteiger partial charge in [0.05, 0.1) is 17.5 Å². The van der Waals surface area contributed by atoms with Gasteiger partial charge in [-0.2, -0.15) is 0 Å². The third-order valence-corrected chi connectivity index (χ3v) is 4.51. The number of amides is 1. The first-order chi connectivity index (χ1) is 9.66. The highest BCUT2D eigenvalue weighted by Crippen LogP contribution is 2.39. The van der Waals surface area contributed by atoms with Gasteiger partial charge in [0.2, 0.25) is 5.91 Å². The highest BCUT2D eigenvalue weighted by Gasteiger charge is 2.30. The summed E-state index contributed by atoms with van der Waals surface area (Å²) < 4.78 is 13.8. The van der Waals surface area contributed by atoms with Crippen molar-refractivity contribution in [2.45, 2.75) is 23.6 Å². The van der Waals surface area contributed by atoms with E-state index in [-0.39, 0.29) is 23.5 Å². The monoisotopic (exact) mass is 287 g/mol. The van der Waals surface area contributed by atoms with Gasteiger partial charge in [-0.3, -0.25) is 4.79 Å². The lowest BCUT2D eigenvalue weighted by Crippen LogP contribution is -2.39. The second-order valence-corrected chi connectivity index (χ2v) is 6.13. The molecule has 3 rings (SSSR count). The number of thioether (sulfide) groups is 1. The normalized spacial score (nSPS) is 18.0. The average molecular weight is 287 g/mol. The number of anilines is 1. The highest BCUT2D eigenvalue weighted by atomic mass is 32.2. The molecule has 0 N–H and O–H groups in total. The van der Waals surface area contributed by atoms with Crippen molar-refractivity contribution in [1.29, 1.82) is 0 Å². The first-order valence-electron chi connectivity index (χ1n) is 6.47. The van der Waals surface area contributed by atoms with Gasteiger partial charge in [-0.25, -0.2) is 4.39 Å². The molecule has 4 heteroatoms. The number of fused-ring (bicyclic) bond motifs is 1. The Balaban J connectivity index is 2.00. The molecule has 0 fully saturated rings. The topological polar surface area (TPSA) is 20.3 Å². The van der Waals surface area contributed by atoms with E-state index < -0.39 is 0 Å². The molecule has 1 aliphatic heterocycles. The summed E-state index contributed by atoms with van der Waals surface area (Å²) >= 11 is 1.55. The Kier molecular flexibility index (Phi) is 3.49. The number of hydrogen-bond donors (Lipinski definition) is 0. The van der Waals surface area contributed by atoms with Crippen molar-refractivity contribution >= 4 is 23.4 Å². The fourth-order valence-electron chi connectivity index (χ4n) is 2.32. The number of benzene rings is 2. The Morgan fingerprint density at radius 1 is 1.15 bits per heavy atom. The molecule has 1 aliphatic rings. The van der Waals surface area contributed by atoms with Gasteiger partial charge < -0.3 is 4.90 Å². The lowest BCUT2D eigenvalue weighted by molar-refractivity contribution is -0.118. The number of nitrogens with zero attached hydrogens (tertiary/aromatic N) is 1.